The monoisotopic (exact) mass is 260 g/mol. The average Bonchev–Trinajstić information content (AvgIpc) is 2.42. The first-order valence-electron chi connectivity index (χ1n) is 5.94. The van der Waals surface area contributed by atoms with Crippen LogP contribution < -0.4 is 4.74 Å². The molecule has 18 heavy (non-hydrogen) atoms. The molecule has 0 heterocycles. The van der Waals surface area contributed by atoms with Gasteiger partial charge in [-0.25, -0.2) is 0 Å². The van der Waals surface area contributed by atoms with Crippen LogP contribution in [0.15, 0.2) is 59.5 Å². The second-order valence-corrected chi connectivity index (χ2v) is 4.61. The van der Waals surface area contributed by atoms with E-state index in [4.69, 9.17) is 8.92 Å². The summed E-state index contributed by atoms with van der Waals surface area (Å²) in [7, 11) is 0. The molecule has 2 aromatic rings. The van der Waals surface area contributed by atoms with E-state index in [1.807, 2.05) is 61.5 Å². The van der Waals surface area contributed by atoms with Gasteiger partial charge in [0.05, 0.1) is 13.2 Å². The molecule has 3 heteroatoms. The fraction of sp³-hybridized carbons (Fsp3) is 0.200. The molecule has 0 saturated heterocycles. The van der Waals surface area contributed by atoms with Crippen LogP contribution in [-0.4, -0.2) is 6.61 Å². The van der Waals surface area contributed by atoms with E-state index in [1.54, 1.807) is 0 Å². The van der Waals surface area contributed by atoms with Gasteiger partial charge >= 0.3 is 0 Å². The molecule has 0 aliphatic rings. The van der Waals surface area contributed by atoms with Crippen molar-refractivity contribution in [2.45, 2.75) is 18.4 Å². The van der Waals surface area contributed by atoms with E-state index in [1.165, 1.54) is 12.0 Å². The fourth-order valence-electron chi connectivity index (χ4n) is 1.49. The van der Waals surface area contributed by atoms with E-state index >= 15 is 0 Å². The average molecular weight is 260 g/mol. The van der Waals surface area contributed by atoms with E-state index in [-0.39, 0.29) is 0 Å². The van der Waals surface area contributed by atoms with Crippen molar-refractivity contribution in [2.24, 2.45) is 0 Å². The van der Waals surface area contributed by atoms with E-state index in [0.29, 0.717) is 13.2 Å². The summed E-state index contributed by atoms with van der Waals surface area (Å²) in [5.41, 5.74) is 1.14. The summed E-state index contributed by atoms with van der Waals surface area (Å²) in [5.74, 6) is 0.900. The molecule has 2 aromatic carbocycles. The van der Waals surface area contributed by atoms with Crippen LogP contribution in [0.2, 0.25) is 0 Å². The number of rotatable bonds is 6. The lowest BCUT2D eigenvalue weighted by Crippen LogP contribution is -1.92. The van der Waals surface area contributed by atoms with Gasteiger partial charge in [-0.2, -0.15) is 0 Å². The lowest BCUT2D eigenvalue weighted by Gasteiger charge is -2.05. The second-order valence-electron chi connectivity index (χ2n) is 3.74. The Hall–Kier alpha value is -1.45. The van der Waals surface area contributed by atoms with Crippen molar-refractivity contribution in [3.05, 3.63) is 60.2 Å². The van der Waals surface area contributed by atoms with Crippen molar-refractivity contribution in [2.75, 3.05) is 6.61 Å². The van der Waals surface area contributed by atoms with Crippen molar-refractivity contribution in [1.82, 2.24) is 0 Å². The summed E-state index contributed by atoms with van der Waals surface area (Å²) in [6, 6.07) is 18.0. The Balaban J connectivity index is 1.80. The molecule has 0 N–H and O–H groups in total. The van der Waals surface area contributed by atoms with Gasteiger partial charge in [-0.3, -0.25) is 0 Å². The predicted octanol–water partition coefficient (Wildman–Crippen LogP) is 4.31. The van der Waals surface area contributed by atoms with Crippen molar-refractivity contribution in [3.63, 3.8) is 0 Å². The normalized spacial score (nSPS) is 10.3. The first-order chi connectivity index (χ1) is 8.88. The molecule has 0 saturated carbocycles. The lowest BCUT2D eigenvalue weighted by atomic mass is 10.2. The van der Waals surface area contributed by atoms with Gasteiger partial charge in [0, 0.05) is 16.9 Å². The van der Waals surface area contributed by atoms with Gasteiger partial charge in [-0.05, 0) is 36.8 Å². The molecule has 0 spiro atoms. The van der Waals surface area contributed by atoms with Gasteiger partial charge in [0.15, 0.2) is 0 Å². The zero-order valence-electron chi connectivity index (χ0n) is 10.3. The van der Waals surface area contributed by atoms with Crippen molar-refractivity contribution in [1.29, 1.82) is 0 Å². The summed E-state index contributed by atoms with van der Waals surface area (Å²) in [4.78, 5) is 1.11. The van der Waals surface area contributed by atoms with E-state index < -0.39 is 0 Å². The van der Waals surface area contributed by atoms with Crippen LogP contribution in [0, 0.1) is 0 Å². The van der Waals surface area contributed by atoms with E-state index in [9.17, 15) is 0 Å². The Bertz CT molecular complexity index is 454. The second kappa shape index (κ2) is 7.09. The Kier molecular flexibility index (Phi) is 5.12. The molecule has 0 radical (unpaired) electrons. The lowest BCUT2D eigenvalue weighted by molar-refractivity contribution is 0.339. The first-order valence-corrected chi connectivity index (χ1v) is 6.69. The maximum atomic E-state index is 5.58. The minimum absolute atomic E-state index is 0.589. The Morgan fingerprint density at radius 3 is 2.33 bits per heavy atom. The van der Waals surface area contributed by atoms with Crippen LogP contribution in [-0.2, 0) is 10.8 Å². The topological polar surface area (TPSA) is 18.5 Å². The molecule has 0 atom stereocenters. The third-order valence-corrected chi connectivity index (χ3v) is 3.06. The predicted molar refractivity (Wildman–Crippen MR) is 74.7 cm³/mol. The van der Waals surface area contributed by atoms with Gasteiger partial charge in [0.2, 0.25) is 0 Å². The number of benzene rings is 2. The van der Waals surface area contributed by atoms with Crippen LogP contribution in [0.1, 0.15) is 12.5 Å². The maximum Gasteiger partial charge on any atom is 0.119 e. The third-order valence-electron chi connectivity index (χ3n) is 2.36. The molecular weight excluding hydrogens is 244 g/mol. The number of hydrogen-bond donors (Lipinski definition) is 0. The molecule has 0 fully saturated rings. The van der Waals surface area contributed by atoms with Gasteiger partial charge in [0.25, 0.3) is 0 Å². The molecule has 94 valence electrons. The molecular formula is C15H16O2S. The highest BCUT2D eigenvalue weighted by atomic mass is 32.2. The van der Waals surface area contributed by atoms with Crippen LogP contribution in [0.25, 0.3) is 0 Å². The minimum Gasteiger partial charge on any atom is -0.494 e. The van der Waals surface area contributed by atoms with E-state index in [2.05, 4.69) is 0 Å². The fourth-order valence-corrected chi connectivity index (χ4v) is 2.09. The largest absolute Gasteiger partial charge is 0.494 e. The summed E-state index contributed by atoms with van der Waals surface area (Å²) < 4.78 is 11.0. The van der Waals surface area contributed by atoms with Crippen LogP contribution in [0.4, 0.5) is 0 Å². The number of ether oxygens (including phenoxy) is 1. The molecule has 0 bridgehead atoms. The van der Waals surface area contributed by atoms with Crippen molar-refractivity contribution < 1.29 is 8.92 Å². The third kappa shape index (κ3) is 4.09. The van der Waals surface area contributed by atoms with Crippen LogP contribution >= 0.6 is 12.0 Å². The smallest absolute Gasteiger partial charge is 0.119 e. The first kappa shape index (κ1) is 13.0. The standard InChI is InChI=1S/C15H16O2S/c1-2-16-14-10-8-13(9-11-14)12-17-18-15-6-4-3-5-7-15/h3-11H,2,12H2,1H3. The van der Waals surface area contributed by atoms with Crippen LogP contribution in [0.5, 0.6) is 5.75 Å². The number of hydrogen-bond acceptors (Lipinski definition) is 3. The Morgan fingerprint density at radius 2 is 1.67 bits per heavy atom. The molecule has 2 rings (SSSR count). The molecule has 0 unspecified atom stereocenters. The molecule has 0 aliphatic heterocycles. The zero-order valence-corrected chi connectivity index (χ0v) is 11.2. The molecule has 0 aliphatic carbocycles. The highest BCUT2D eigenvalue weighted by Crippen LogP contribution is 2.21. The van der Waals surface area contributed by atoms with Crippen molar-refractivity contribution in [3.8, 4) is 5.75 Å². The SMILES string of the molecule is CCOc1ccc(COSc2ccccc2)cc1. The zero-order chi connectivity index (χ0) is 12.6. The minimum atomic E-state index is 0.589. The van der Waals surface area contributed by atoms with Gasteiger partial charge < -0.3 is 8.92 Å². The van der Waals surface area contributed by atoms with Crippen LogP contribution in [0.3, 0.4) is 0 Å². The summed E-state index contributed by atoms with van der Waals surface area (Å²) in [6.07, 6.45) is 0. The quantitative estimate of drug-likeness (QED) is 0.721. The van der Waals surface area contributed by atoms with E-state index in [0.717, 1.165) is 16.2 Å². The van der Waals surface area contributed by atoms with Gasteiger partial charge in [-0.1, -0.05) is 30.3 Å². The summed E-state index contributed by atoms with van der Waals surface area (Å²) in [6.45, 7) is 3.26. The highest BCUT2D eigenvalue weighted by Gasteiger charge is 1.97. The van der Waals surface area contributed by atoms with Gasteiger partial charge in [-0.15, -0.1) is 0 Å². The Labute approximate surface area is 112 Å². The summed E-state index contributed by atoms with van der Waals surface area (Å²) >= 11 is 1.40. The molecule has 0 amide bonds. The highest BCUT2D eigenvalue weighted by molar-refractivity contribution is 7.94. The maximum absolute atomic E-state index is 5.58. The van der Waals surface area contributed by atoms with Gasteiger partial charge in [0.1, 0.15) is 5.75 Å². The Morgan fingerprint density at radius 1 is 0.944 bits per heavy atom. The molecule has 2 nitrogen and oxygen atoms in total. The summed E-state index contributed by atoms with van der Waals surface area (Å²) in [5, 5.41) is 0. The molecule has 0 aromatic heterocycles. The van der Waals surface area contributed by atoms with Crippen molar-refractivity contribution >= 4 is 12.0 Å².